The normalized spacial score (nSPS) is 19.4. The number of halogens is 1. The first-order chi connectivity index (χ1) is 9.00. The van der Waals surface area contributed by atoms with E-state index in [1.54, 1.807) is 0 Å². The van der Waals surface area contributed by atoms with Crippen molar-refractivity contribution in [1.82, 2.24) is 4.90 Å². The van der Waals surface area contributed by atoms with E-state index in [-0.39, 0.29) is 11.6 Å². The van der Waals surface area contributed by atoms with Crippen molar-refractivity contribution in [3.8, 4) is 0 Å². The first-order valence-electron chi connectivity index (χ1n) is 7.18. The van der Waals surface area contributed by atoms with Gasteiger partial charge in [0.15, 0.2) is 0 Å². The van der Waals surface area contributed by atoms with Gasteiger partial charge in [-0.15, -0.1) is 0 Å². The van der Waals surface area contributed by atoms with Gasteiger partial charge in [0.1, 0.15) is 0 Å². The number of aliphatic hydroxyl groups excluding tert-OH is 1. The fourth-order valence-corrected chi connectivity index (χ4v) is 3.04. The molecule has 19 heavy (non-hydrogen) atoms. The Balaban J connectivity index is 2.00. The van der Waals surface area contributed by atoms with Crippen LogP contribution in [0.5, 0.6) is 0 Å². The molecule has 1 N–H and O–H groups in total. The highest BCUT2D eigenvalue weighted by molar-refractivity contribution is 9.10. The molecule has 1 aliphatic heterocycles. The van der Waals surface area contributed by atoms with Gasteiger partial charge in [0.25, 0.3) is 0 Å². The average Bonchev–Trinajstić information content (AvgIpc) is 2.42. The van der Waals surface area contributed by atoms with Crippen LogP contribution < -0.4 is 0 Å². The molecular formula is C16H24BrNO. The van der Waals surface area contributed by atoms with Crippen molar-refractivity contribution >= 4 is 15.9 Å². The predicted molar refractivity (Wildman–Crippen MR) is 83.4 cm³/mol. The van der Waals surface area contributed by atoms with E-state index in [4.69, 9.17) is 0 Å². The van der Waals surface area contributed by atoms with E-state index >= 15 is 0 Å². The van der Waals surface area contributed by atoms with Gasteiger partial charge in [0.2, 0.25) is 0 Å². The third kappa shape index (κ3) is 3.80. The molecule has 2 nitrogen and oxygen atoms in total. The van der Waals surface area contributed by atoms with Crippen molar-refractivity contribution < 1.29 is 5.11 Å². The largest absolute Gasteiger partial charge is 0.391 e. The Labute approximate surface area is 124 Å². The molecule has 1 atom stereocenters. The van der Waals surface area contributed by atoms with Crippen LogP contribution in [0.4, 0.5) is 0 Å². The van der Waals surface area contributed by atoms with Crippen molar-refractivity contribution in [1.29, 1.82) is 0 Å². The predicted octanol–water partition coefficient (Wildman–Crippen LogP) is 3.62. The molecule has 0 amide bonds. The minimum Gasteiger partial charge on any atom is -0.391 e. The van der Waals surface area contributed by atoms with E-state index in [2.05, 4.69) is 46.8 Å². The number of nitrogens with zero attached hydrogens (tertiary/aromatic N) is 1. The summed E-state index contributed by atoms with van der Waals surface area (Å²) < 4.78 is 1.08. The van der Waals surface area contributed by atoms with Gasteiger partial charge in [-0.25, -0.2) is 0 Å². The van der Waals surface area contributed by atoms with Crippen molar-refractivity contribution in [3.63, 3.8) is 0 Å². The maximum absolute atomic E-state index is 10.6. The summed E-state index contributed by atoms with van der Waals surface area (Å²) in [4.78, 5) is 2.44. The number of likely N-dealkylation sites (tertiary alicyclic amines) is 1. The molecular weight excluding hydrogens is 302 g/mol. The maximum atomic E-state index is 10.6. The van der Waals surface area contributed by atoms with Gasteiger partial charge in [-0.3, -0.25) is 4.90 Å². The number of benzene rings is 1. The Morgan fingerprint density at radius 2 is 1.74 bits per heavy atom. The molecule has 106 valence electrons. The molecule has 3 heteroatoms. The summed E-state index contributed by atoms with van der Waals surface area (Å²) in [5, 5.41) is 10.6. The zero-order valence-electron chi connectivity index (χ0n) is 11.9. The maximum Gasteiger partial charge on any atom is 0.0758 e. The lowest BCUT2D eigenvalue weighted by atomic mass is 9.88. The molecule has 1 saturated heterocycles. The second-order valence-electron chi connectivity index (χ2n) is 6.05. The van der Waals surface area contributed by atoms with Crippen molar-refractivity contribution in [2.24, 2.45) is 0 Å². The zero-order chi connectivity index (χ0) is 13.9. The number of hydrogen-bond acceptors (Lipinski definition) is 2. The van der Waals surface area contributed by atoms with Crippen LogP contribution in [0.1, 0.15) is 38.7 Å². The number of rotatable bonds is 4. The molecule has 0 radical (unpaired) electrons. The summed E-state index contributed by atoms with van der Waals surface area (Å²) >= 11 is 3.44. The first kappa shape index (κ1) is 15.0. The summed E-state index contributed by atoms with van der Waals surface area (Å²) in [6.45, 7) is 6.57. The Hall–Kier alpha value is -0.380. The van der Waals surface area contributed by atoms with Gasteiger partial charge in [0.05, 0.1) is 6.10 Å². The van der Waals surface area contributed by atoms with Crippen LogP contribution in [-0.2, 0) is 6.42 Å². The van der Waals surface area contributed by atoms with Gasteiger partial charge in [-0.2, -0.15) is 0 Å². The summed E-state index contributed by atoms with van der Waals surface area (Å²) in [7, 11) is 0. The summed E-state index contributed by atoms with van der Waals surface area (Å²) in [6, 6.07) is 8.24. The lowest BCUT2D eigenvalue weighted by Gasteiger charge is -2.44. The van der Waals surface area contributed by atoms with E-state index < -0.39 is 0 Å². The number of aliphatic hydroxyl groups is 1. The van der Waals surface area contributed by atoms with E-state index in [1.807, 2.05) is 12.1 Å². The number of piperidine rings is 1. The molecule has 0 aliphatic carbocycles. The molecule has 0 bridgehead atoms. The molecule has 1 aromatic carbocycles. The van der Waals surface area contributed by atoms with E-state index in [0.717, 1.165) is 24.0 Å². The van der Waals surface area contributed by atoms with E-state index in [9.17, 15) is 5.11 Å². The topological polar surface area (TPSA) is 23.5 Å². The van der Waals surface area contributed by atoms with Crippen molar-refractivity contribution in [2.45, 2.75) is 51.2 Å². The first-order valence-corrected chi connectivity index (χ1v) is 7.97. The monoisotopic (exact) mass is 325 g/mol. The third-order valence-electron chi connectivity index (χ3n) is 4.33. The Morgan fingerprint density at radius 1 is 1.16 bits per heavy atom. The van der Waals surface area contributed by atoms with E-state index in [1.165, 1.54) is 24.8 Å². The molecule has 1 fully saturated rings. The molecule has 1 unspecified atom stereocenters. The molecule has 1 aliphatic rings. The fourth-order valence-electron chi connectivity index (χ4n) is 2.77. The van der Waals surface area contributed by atoms with Crippen molar-refractivity contribution in [2.75, 3.05) is 13.1 Å². The summed E-state index contributed by atoms with van der Waals surface area (Å²) in [5.41, 5.74) is 1.05. The minimum atomic E-state index is -0.327. The average molecular weight is 326 g/mol. The molecule has 0 aromatic heterocycles. The highest BCUT2D eigenvalue weighted by Crippen LogP contribution is 2.26. The summed E-state index contributed by atoms with van der Waals surface area (Å²) in [6.07, 6.45) is 4.24. The fraction of sp³-hybridized carbons (Fsp3) is 0.625. The second-order valence-corrected chi connectivity index (χ2v) is 6.96. The molecule has 0 spiro atoms. The van der Waals surface area contributed by atoms with Gasteiger partial charge in [0, 0.05) is 16.4 Å². The van der Waals surface area contributed by atoms with Crippen LogP contribution in [0.15, 0.2) is 28.7 Å². The standard InChI is InChI=1S/C16H24BrNO/c1-16(2,18-10-4-3-5-11-18)15(19)12-13-6-8-14(17)9-7-13/h6-9,15,19H,3-5,10-12H2,1-2H3. The number of hydrogen-bond donors (Lipinski definition) is 1. The lowest BCUT2D eigenvalue weighted by Crippen LogP contribution is -2.54. The van der Waals surface area contributed by atoms with Crippen LogP contribution in [0, 0.1) is 0 Å². The second kappa shape index (κ2) is 6.38. The van der Waals surface area contributed by atoms with Gasteiger partial charge < -0.3 is 5.11 Å². The molecule has 1 heterocycles. The Morgan fingerprint density at radius 3 is 2.32 bits per heavy atom. The van der Waals surface area contributed by atoms with Crippen LogP contribution >= 0.6 is 15.9 Å². The van der Waals surface area contributed by atoms with Gasteiger partial charge in [-0.1, -0.05) is 34.5 Å². The summed E-state index contributed by atoms with van der Waals surface area (Å²) in [5.74, 6) is 0. The van der Waals surface area contributed by atoms with Gasteiger partial charge >= 0.3 is 0 Å². The zero-order valence-corrected chi connectivity index (χ0v) is 13.5. The van der Waals surface area contributed by atoms with Crippen molar-refractivity contribution in [3.05, 3.63) is 34.3 Å². The third-order valence-corrected chi connectivity index (χ3v) is 4.86. The van der Waals surface area contributed by atoms with E-state index in [0.29, 0.717) is 0 Å². The van der Waals surface area contributed by atoms with Gasteiger partial charge in [-0.05, 0) is 57.5 Å². The SMILES string of the molecule is CC(C)(C(O)Cc1ccc(Br)cc1)N1CCCCC1. The van der Waals surface area contributed by atoms with Crippen LogP contribution in [0.25, 0.3) is 0 Å². The molecule has 1 aromatic rings. The highest BCUT2D eigenvalue weighted by Gasteiger charge is 2.34. The Kier molecular flexibility index (Phi) is 5.04. The Bertz CT molecular complexity index is 396. The van der Waals surface area contributed by atoms with Crippen LogP contribution in [0.2, 0.25) is 0 Å². The van der Waals surface area contributed by atoms with Crippen LogP contribution in [-0.4, -0.2) is 34.7 Å². The lowest BCUT2D eigenvalue weighted by molar-refractivity contribution is -0.0187. The highest BCUT2D eigenvalue weighted by atomic mass is 79.9. The molecule has 0 saturated carbocycles. The van der Waals surface area contributed by atoms with Crippen LogP contribution in [0.3, 0.4) is 0 Å². The quantitative estimate of drug-likeness (QED) is 0.913. The molecule has 2 rings (SSSR count). The minimum absolute atomic E-state index is 0.145. The smallest absolute Gasteiger partial charge is 0.0758 e.